The summed E-state index contributed by atoms with van der Waals surface area (Å²) in [6.07, 6.45) is -1.76. The van der Waals surface area contributed by atoms with Crippen LogP contribution in [0.2, 0.25) is 0 Å². The van der Waals surface area contributed by atoms with Gasteiger partial charge in [0, 0.05) is 23.2 Å². The Hall–Kier alpha value is -3.53. The highest BCUT2D eigenvalue weighted by Crippen LogP contribution is 2.46. The van der Waals surface area contributed by atoms with Crippen LogP contribution in [-0.2, 0) is 17.5 Å². The number of benzene rings is 2. The molecule has 2 aromatic carbocycles. The summed E-state index contributed by atoms with van der Waals surface area (Å²) >= 11 is 0. The number of halogens is 3. The van der Waals surface area contributed by atoms with Crippen LogP contribution in [0.3, 0.4) is 0 Å². The number of nitrogens with two attached hydrogens (primary N) is 1. The molecule has 10 heteroatoms. The number of alkyl halides is 3. The predicted molar refractivity (Wildman–Crippen MR) is 117 cm³/mol. The first-order valence-electron chi connectivity index (χ1n) is 10.4. The second kappa shape index (κ2) is 8.11. The molecule has 7 nitrogen and oxygen atoms in total. The van der Waals surface area contributed by atoms with E-state index in [1.165, 1.54) is 6.07 Å². The summed E-state index contributed by atoms with van der Waals surface area (Å²) in [4.78, 5) is 9.05. The molecule has 0 saturated carbocycles. The van der Waals surface area contributed by atoms with Crippen LogP contribution in [0.15, 0.2) is 30.3 Å². The Labute approximate surface area is 187 Å². The molecule has 0 saturated heterocycles. The monoisotopic (exact) mass is 458 g/mol. The van der Waals surface area contributed by atoms with Gasteiger partial charge in [-0.1, -0.05) is 6.08 Å². The molecule has 0 radical (unpaired) electrons. The molecular weight excluding hydrogens is 437 g/mol. The van der Waals surface area contributed by atoms with Crippen molar-refractivity contribution >= 4 is 28.0 Å². The largest absolute Gasteiger partial charge is 0.453 e. The number of rotatable bonds is 4. The van der Waals surface area contributed by atoms with Gasteiger partial charge in [0.15, 0.2) is 11.5 Å². The molecule has 2 aliphatic rings. The lowest BCUT2D eigenvalue weighted by atomic mass is 9.98. The van der Waals surface area contributed by atoms with Crippen LogP contribution in [0.1, 0.15) is 28.9 Å². The summed E-state index contributed by atoms with van der Waals surface area (Å²) in [6, 6.07) is 5.43. The van der Waals surface area contributed by atoms with Crippen molar-refractivity contribution in [3.63, 3.8) is 0 Å². The van der Waals surface area contributed by atoms with Crippen molar-refractivity contribution in [2.45, 2.75) is 26.1 Å². The van der Waals surface area contributed by atoms with Crippen molar-refractivity contribution < 1.29 is 27.4 Å². The quantitative estimate of drug-likeness (QED) is 0.549. The molecule has 0 atom stereocenters. The molecule has 3 heterocycles. The molecule has 3 N–H and O–H groups in total. The maximum atomic E-state index is 13.2. The molecule has 172 valence electrons. The Morgan fingerprint density at radius 2 is 1.91 bits per heavy atom. The first kappa shape index (κ1) is 21.3. The van der Waals surface area contributed by atoms with Gasteiger partial charge in [-0.25, -0.2) is 9.97 Å². The molecule has 0 unspecified atom stereocenters. The molecule has 5 rings (SSSR count). The van der Waals surface area contributed by atoms with Crippen LogP contribution in [-0.4, -0.2) is 30.0 Å². The van der Waals surface area contributed by atoms with Crippen LogP contribution in [0, 0.1) is 6.92 Å². The number of nitrogens with zero attached hydrogens (tertiary/aromatic N) is 2. The molecule has 33 heavy (non-hydrogen) atoms. The second-order valence-electron chi connectivity index (χ2n) is 7.87. The van der Waals surface area contributed by atoms with E-state index in [4.69, 9.17) is 19.9 Å². The van der Waals surface area contributed by atoms with Gasteiger partial charge in [-0.15, -0.1) is 0 Å². The number of fused-ring (bicyclic) bond motifs is 3. The Balaban J connectivity index is 1.56. The molecule has 0 spiro atoms. The van der Waals surface area contributed by atoms with E-state index in [-0.39, 0.29) is 19.0 Å². The SMILES string of the molecule is Cc1nc(NCc2cc(N)cc(C(F)(F)F)c2)c2cc(C3=CCOCC3)c3c(c2n1)OCO3. The maximum absolute atomic E-state index is 13.2. The molecule has 0 fully saturated rings. The summed E-state index contributed by atoms with van der Waals surface area (Å²) < 4.78 is 56.5. The van der Waals surface area contributed by atoms with Crippen molar-refractivity contribution in [3.8, 4) is 11.5 Å². The van der Waals surface area contributed by atoms with Gasteiger partial charge in [0.05, 0.1) is 18.8 Å². The number of hydrogen-bond donors (Lipinski definition) is 2. The summed E-state index contributed by atoms with van der Waals surface area (Å²) in [5.74, 6) is 2.14. The zero-order valence-corrected chi connectivity index (χ0v) is 17.8. The number of nitrogens with one attached hydrogen (secondary N) is 1. The minimum atomic E-state index is -4.48. The molecule has 2 aliphatic heterocycles. The number of anilines is 2. The Morgan fingerprint density at radius 1 is 1.09 bits per heavy atom. The third kappa shape index (κ3) is 4.13. The Morgan fingerprint density at radius 3 is 2.67 bits per heavy atom. The third-order valence-corrected chi connectivity index (χ3v) is 5.53. The highest BCUT2D eigenvalue weighted by Gasteiger charge is 2.31. The number of hydrogen-bond acceptors (Lipinski definition) is 7. The number of aromatic nitrogens is 2. The minimum Gasteiger partial charge on any atom is -0.453 e. The number of nitrogen functional groups attached to an aromatic ring is 1. The first-order chi connectivity index (χ1) is 15.8. The average Bonchev–Trinajstić information content (AvgIpc) is 3.27. The van der Waals surface area contributed by atoms with E-state index in [0.29, 0.717) is 52.8 Å². The van der Waals surface area contributed by atoms with Gasteiger partial charge in [0.1, 0.15) is 17.2 Å². The van der Waals surface area contributed by atoms with Crippen LogP contribution < -0.4 is 20.5 Å². The van der Waals surface area contributed by atoms with E-state index in [1.807, 2.05) is 12.1 Å². The molecule has 0 aliphatic carbocycles. The van der Waals surface area contributed by atoms with Crippen molar-refractivity contribution in [3.05, 3.63) is 52.9 Å². The van der Waals surface area contributed by atoms with Crippen molar-refractivity contribution in [2.24, 2.45) is 0 Å². The van der Waals surface area contributed by atoms with Crippen LogP contribution in [0.4, 0.5) is 24.7 Å². The highest BCUT2D eigenvalue weighted by molar-refractivity contribution is 5.99. The lowest BCUT2D eigenvalue weighted by molar-refractivity contribution is -0.137. The van der Waals surface area contributed by atoms with Gasteiger partial charge in [-0.2, -0.15) is 13.2 Å². The zero-order chi connectivity index (χ0) is 23.2. The fourth-order valence-electron chi connectivity index (χ4n) is 4.07. The molecule has 1 aromatic heterocycles. The standard InChI is InChI=1S/C23H21F3N4O3/c1-12-29-19-18(9-17(14-2-4-31-5-3-14)20-21(19)33-11-32-20)22(30-12)28-10-13-6-15(23(24,25)26)8-16(27)7-13/h2,6-9H,3-5,10-11,27H2,1H3,(H,28,29,30). The van der Waals surface area contributed by atoms with E-state index in [9.17, 15) is 13.2 Å². The first-order valence-corrected chi connectivity index (χ1v) is 10.4. The lowest BCUT2D eigenvalue weighted by Gasteiger charge is -2.18. The second-order valence-corrected chi connectivity index (χ2v) is 7.87. The van der Waals surface area contributed by atoms with Crippen molar-refractivity contribution in [2.75, 3.05) is 31.1 Å². The maximum Gasteiger partial charge on any atom is 0.416 e. The lowest BCUT2D eigenvalue weighted by Crippen LogP contribution is -2.09. The summed E-state index contributed by atoms with van der Waals surface area (Å²) in [5, 5.41) is 3.84. The van der Waals surface area contributed by atoms with Crippen LogP contribution in [0.5, 0.6) is 11.5 Å². The van der Waals surface area contributed by atoms with Crippen molar-refractivity contribution in [1.29, 1.82) is 0 Å². The van der Waals surface area contributed by atoms with E-state index >= 15 is 0 Å². The van der Waals surface area contributed by atoms with Gasteiger partial charge in [0.25, 0.3) is 0 Å². The summed E-state index contributed by atoms with van der Waals surface area (Å²) in [5.41, 5.74) is 7.87. The fourth-order valence-corrected chi connectivity index (χ4v) is 4.07. The smallest absolute Gasteiger partial charge is 0.416 e. The van der Waals surface area contributed by atoms with E-state index in [1.54, 1.807) is 6.92 Å². The van der Waals surface area contributed by atoms with Crippen LogP contribution >= 0.6 is 0 Å². The summed E-state index contributed by atoms with van der Waals surface area (Å²) in [6.45, 7) is 3.03. The molecular formula is C23H21F3N4O3. The van der Waals surface area contributed by atoms with Gasteiger partial charge < -0.3 is 25.3 Å². The third-order valence-electron chi connectivity index (χ3n) is 5.53. The number of aryl methyl sites for hydroxylation is 1. The Kier molecular flexibility index (Phi) is 5.24. The van der Waals surface area contributed by atoms with Crippen molar-refractivity contribution in [1.82, 2.24) is 9.97 Å². The normalized spacial score (nSPS) is 15.6. The predicted octanol–water partition coefficient (Wildman–Crippen LogP) is 4.68. The van der Waals surface area contributed by atoms with Crippen LogP contribution in [0.25, 0.3) is 16.5 Å². The summed E-state index contributed by atoms with van der Waals surface area (Å²) in [7, 11) is 0. The fraction of sp³-hybridized carbons (Fsp3) is 0.304. The zero-order valence-electron chi connectivity index (χ0n) is 17.8. The van der Waals surface area contributed by atoms with E-state index in [2.05, 4.69) is 15.3 Å². The minimum absolute atomic E-state index is 0.0439. The van der Waals surface area contributed by atoms with Gasteiger partial charge >= 0.3 is 6.18 Å². The average molecular weight is 458 g/mol. The van der Waals surface area contributed by atoms with Gasteiger partial charge in [0.2, 0.25) is 6.79 Å². The van der Waals surface area contributed by atoms with Gasteiger partial charge in [-0.05, 0) is 48.7 Å². The van der Waals surface area contributed by atoms with E-state index in [0.717, 1.165) is 29.7 Å². The highest BCUT2D eigenvalue weighted by atomic mass is 19.4. The molecule has 0 amide bonds. The van der Waals surface area contributed by atoms with Gasteiger partial charge in [-0.3, -0.25) is 0 Å². The number of ether oxygens (including phenoxy) is 3. The Bertz CT molecular complexity index is 1270. The topological polar surface area (TPSA) is 91.5 Å². The molecule has 0 bridgehead atoms. The van der Waals surface area contributed by atoms with E-state index < -0.39 is 11.7 Å². The molecule has 3 aromatic rings.